The van der Waals surface area contributed by atoms with E-state index in [0.717, 1.165) is 24.4 Å². The summed E-state index contributed by atoms with van der Waals surface area (Å²) in [6.45, 7) is 10.8. The van der Waals surface area contributed by atoms with Crippen molar-refractivity contribution < 1.29 is 4.74 Å². The molecule has 0 unspecified atom stereocenters. The van der Waals surface area contributed by atoms with Crippen LogP contribution < -0.4 is 10.5 Å². The van der Waals surface area contributed by atoms with Crippen molar-refractivity contribution in [3.05, 3.63) is 17.6 Å². The van der Waals surface area contributed by atoms with Gasteiger partial charge in [-0.05, 0) is 19.8 Å². The fourth-order valence-corrected chi connectivity index (χ4v) is 1.57. The minimum Gasteiger partial charge on any atom is -0.476 e. The Morgan fingerprint density at radius 1 is 1.28 bits per heavy atom. The first-order valence-electron chi connectivity index (χ1n) is 6.67. The average molecular weight is 251 g/mol. The highest BCUT2D eigenvalue weighted by Gasteiger charge is 2.21. The molecule has 1 aromatic heterocycles. The summed E-state index contributed by atoms with van der Waals surface area (Å²) < 4.78 is 5.75. The first-order valence-corrected chi connectivity index (χ1v) is 6.67. The monoisotopic (exact) mass is 251 g/mol. The zero-order chi connectivity index (χ0) is 13.8. The number of hydrogen-bond donors (Lipinski definition) is 1. The molecule has 0 saturated heterocycles. The van der Waals surface area contributed by atoms with Crippen LogP contribution in [0, 0.1) is 6.92 Å². The Morgan fingerprint density at radius 3 is 2.39 bits per heavy atom. The Morgan fingerprint density at radius 2 is 1.89 bits per heavy atom. The van der Waals surface area contributed by atoms with E-state index in [1.54, 1.807) is 0 Å². The van der Waals surface area contributed by atoms with Crippen molar-refractivity contribution in [3.63, 3.8) is 0 Å². The van der Waals surface area contributed by atoms with Crippen molar-refractivity contribution in [1.29, 1.82) is 0 Å². The van der Waals surface area contributed by atoms with Gasteiger partial charge in [0, 0.05) is 23.2 Å². The topological polar surface area (TPSA) is 61.0 Å². The van der Waals surface area contributed by atoms with Crippen molar-refractivity contribution in [2.45, 2.75) is 58.9 Å². The van der Waals surface area contributed by atoms with Crippen LogP contribution in [-0.4, -0.2) is 22.1 Å². The maximum atomic E-state index is 6.21. The molecule has 1 aromatic rings. The molecule has 4 nitrogen and oxygen atoms in total. The van der Waals surface area contributed by atoms with Crippen LogP contribution in [0.4, 0.5) is 0 Å². The number of ether oxygens (including phenoxy) is 1. The molecule has 0 saturated carbocycles. The highest BCUT2D eigenvalue weighted by Crippen LogP contribution is 2.18. The summed E-state index contributed by atoms with van der Waals surface area (Å²) >= 11 is 0. The molecule has 0 aliphatic heterocycles. The molecule has 0 spiro atoms. The maximum absolute atomic E-state index is 6.21. The van der Waals surface area contributed by atoms with E-state index in [0.29, 0.717) is 18.4 Å². The first-order chi connectivity index (χ1) is 8.40. The zero-order valence-corrected chi connectivity index (χ0v) is 12.2. The third kappa shape index (κ3) is 3.95. The smallest absolute Gasteiger partial charge is 0.216 e. The fraction of sp³-hybridized carbons (Fsp3) is 0.714. The van der Waals surface area contributed by atoms with Gasteiger partial charge in [0.25, 0.3) is 0 Å². The average Bonchev–Trinajstić information content (AvgIpc) is 2.35. The SMILES string of the molecule is CCC(N)(CC)COc1cc(C)nc(C(C)C)n1. The van der Waals surface area contributed by atoms with Gasteiger partial charge >= 0.3 is 0 Å². The van der Waals surface area contributed by atoms with Crippen LogP contribution in [0.3, 0.4) is 0 Å². The van der Waals surface area contributed by atoms with Crippen molar-refractivity contribution >= 4 is 0 Å². The molecule has 0 atom stereocenters. The molecule has 0 radical (unpaired) electrons. The maximum Gasteiger partial charge on any atom is 0.216 e. The second-order valence-electron chi connectivity index (χ2n) is 5.22. The van der Waals surface area contributed by atoms with Crippen molar-refractivity contribution in [3.8, 4) is 5.88 Å². The number of nitrogens with two attached hydrogens (primary N) is 1. The molecule has 0 fully saturated rings. The molecule has 2 N–H and O–H groups in total. The molecular formula is C14H25N3O. The second kappa shape index (κ2) is 6.14. The van der Waals surface area contributed by atoms with E-state index in [4.69, 9.17) is 10.5 Å². The molecule has 0 bridgehead atoms. The van der Waals surface area contributed by atoms with Crippen LogP contribution in [-0.2, 0) is 0 Å². The molecule has 0 aliphatic carbocycles. The lowest BCUT2D eigenvalue weighted by molar-refractivity contribution is 0.200. The number of aryl methyl sites for hydroxylation is 1. The minimum absolute atomic E-state index is 0.267. The number of hydrogen-bond acceptors (Lipinski definition) is 4. The van der Waals surface area contributed by atoms with E-state index in [9.17, 15) is 0 Å². The molecule has 1 heterocycles. The van der Waals surface area contributed by atoms with E-state index in [2.05, 4.69) is 37.7 Å². The zero-order valence-electron chi connectivity index (χ0n) is 12.2. The van der Waals surface area contributed by atoms with E-state index < -0.39 is 0 Å². The molecule has 0 aromatic carbocycles. The van der Waals surface area contributed by atoms with Crippen molar-refractivity contribution in [2.75, 3.05) is 6.61 Å². The molecule has 0 aliphatic rings. The van der Waals surface area contributed by atoms with Crippen LogP contribution >= 0.6 is 0 Å². The predicted molar refractivity (Wildman–Crippen MR) is 73.9 cm³/mol. The second-order valence-corrected chi connectivity index (χ2v) is 5.22. The van der Waals surface area contributed by atoms with Gasteiger partial charge in [-0.25, -0.2) is 4.98 Å². The summed E-state index contributed by atoms with van der Waals surface area (Å²) in [6.07, 6.45) is 1.79. The van der Waals surface area contributed by atoms with E-state index in [1.165, 1.54) is 0 Å². The third-order valence-electron chi connectivity index (χ3n) is 3.28. The van der Waals surface area contributed by atoms with Gasteiger partial charge < -0.3 is 10.5 Å². The highest BCUT2D eigenvalue weighted by atomic mass is 16.5. The van der Waals surface area contributed by atoms with Crippen molar-refractivity contribution in [2.24, 2.45) is 5.73 Å². The Balaban J connectivity index is 2.79. The van der Waals surface area contributed by atoms with Gasteiger partial charge in [-0.3, -0.25) is 0 Å². The van der Waals surface area contributed by atoms with E-state index in [1.807, 2.05) is 13.0 Å². The van der Waals surface area contributed by atoms with Crippen LogP contribution in [0.2, 0.25) is 0 Å². The van der Waals surface area contributed by atoms with E-state index in [-0.39, 0.29) is 5.54 Å². The third-order valence-corrected chi connectivity index (χ3v) is 3.28. The minimum atomic E-state index is -0.267. The number of rotatable bonds is 6. The summed E-state index contributed by atoms with van der Waals surface area (Å²) in [6, 6.07) is 1.86. The summed E-state index contributed by atoms with van der Waals surface area (Å²) in [5, 5.41) is 0. The lowest BCUT2D eigenvalue weighted by atomic mass is 9.96. The van der Waals surface area contributed by atoms with Gasteiger partial charge in [0.1, 0.15) is 12.4 Å². The summed E-state index contributed by atoms with van der Waals surface area (Å²) in [5.41, 5.74) is 6.87. The van der Waals surface area contributed by atoms with Gasteiger partial charge in [-0.2, -0.15) is 4.98 Å². The van der Waals surface area contributed by atoms with Gasteiger partial charge in [-0.15, -0.1) is 0 Å². The van der Waals surface area contributed by atoms with Gasteiger partial charge in [0.2, 0.25) is 5.88 Å². The molecule has 18 heavy (non-hydrogen) atoms. The van der Waals surface area contributed by atoms with Crippen molar-refractivity contribution in [1.82, 2.24) is 9.97 Å². The van der Waals surface area contributed by atoms with E-state index >= 15 is 0 Å². The summed E-state index contributed by atoms with van der Waals surface area (Å²) in [4.78, 5) is 8.81. The summed E-state index contributed by atoms with van der Waals surface area (Å²) in [7, 11) is 0. The summed E-state index contributed by atoms with van der Waals surface area (Å²) in [5.74, 6) is 1.75. The normalized spacial score (nSPS) is 11.9. The first kappa shape index (κ1) is 14.9. The standard InChI is InChI=1S/C14H25N3O/c1-6-14(15,7-2)9-18-12-8-11(5)16-13(17-12)10(3)4/h8,10H,6-7,9,15H2,1-5H3. The van der Waals surface area contributed by atoms with Gasteiger partial charge in [-0.1, -0.05) is 27.7 Å². The molecular weight excluding hydrogens is 226 g/mol. The largest absolute Gasteiger partial charge is 0.476 e. The Hall–Kier alpha value is -1.16. The van der Waals surface area contributed by atoms with Crippen LogP contribution in [0.15, 0.2) is 6.07 Å². The molecule has 102 valence electrons. The fourth-order valence-electron chi connectivity index (χ4n) is 1.57. The number of aromatic nitrogens is 2. The molecule has 4 heteroatoms. The predicted octanol–water partition coefficient (Wildman–Crippen LogP) is 2.80. The van der Waals surface area contributed by atoms with Crippen LogP contribution in [0.25, 0.3) is 0 Å². The Kier molecular flexibility index (Phi) is 5.08. The Bertz CT molecular complexity index is 387. The molecule has 1 rings (SSSR count). The lowest BCUT2D eigenvalue weighted by Gasteiger charge is -2.26. The Labute approximate surface area is 110 Å². The lowest BCUT2D eigenvalue weighted by Crippen LogP contribution is -2.44. The quantitative estimate of drug-likeness (QED) is 0.844. The van der Waals surface area contributed by atoms with Crippen LogP contribution in [0.5, 0.6) is 5.88 Å². The van der Waals surface area contributed by atoms with Crippen LogP contribution in [0.1, 0.15) is 58.0 Å². The van der Waals surface area contributed by atoms with Gasteiger partial charge in [0.05, 0.1) is 0 Å². The number of nitrogens with zero attached hydrogens (tertiary/aromatic N) is 2. The van der Waals surface area contributed by atoms with Gasteiger partial charge in [0.15, 0.2) is 0 Å². The highest BCUT2D eigenvalue weighted by molar-refractivity contribution is 5.16. The molecule has 0 amide bonds.